The summed E-state index contributed by atoms with van der Waals surface area (Å²) in [6, 6.07) is 15.6. The molecule has 1 saturated heterocycles. The smallest absolute Gasteiger partial charge is 0.251 e. The summed E-state index contributed by atoms with van der Waals surface area (Å²) in [7, 11) is 0. The first kappa shape index (κ1) is 22.1. The van der Waals surface area contributed by atoms with Gasteiger partial charge in [-0.25, -0.2) is 4.98 Å². The Morgan fingerprint density at radius 3 is 2.44 bits per heavy atom. The lowest BCUT2D eigenvalue weighted by Crippen LogP contribution is -2.32. The fourth-order valence-corrected chi connectivity index (χ4v) is 4.35. The zero-order valence-electron chi connectivity index (χ0n) is 18.8. The maximum Gasteiger partial charge on any atom is 0.251 e. The fraction of sp³-hybridized carbons (Fsp3) is 0.423. The molecule has 0 unspecified atom stereocenters. The van der Waals surface area contributed by atoms with Gasteiger partial charge in [0.25, 0.3) is 5.91 Å². The topological polar surface area (TPSA) is 67.2 Å². The molecule has 2 heterocycles. The minimum Gasteiger partial charge on any atom is -0.352 e. The number of rotatable bonds is 7. The molecular weight excluding hydrogens is 400 g/mol. The monoisotopic (exact) mass is 432 g/mol. The second kappa shape index (κ2) is 10.4. The third kappa shape index (κ3) is 5.36. The Morgan fingerprint density at radius 2 is 1.69 bits per heavy atom. The van der Waals surface area contributed by atoms with Crippen LogP contribution in [-0.4, -0.2) is 45.9 Å². The number of aryl methyl sites for hydroxylation is 2. The molecule has 1 fully saturated rings. The number of aromatic nitrogens is 2. The summed E-state index contributed by atoms with van der Waals surface area (Å²) in [5, 5.41) is 2.99. The van der Waals surface area contributed by atoms with E-state index in [9.17, 15) is 9.59 Å². The Balaban J connectivity index is 1.41. The number of carbonyl (C=O) groups excluding carboxylic acids is 2. The van der Waals surface area contributed by atoms with E-state index in [2.05, 4.69) is 9.88 Å². The highest BCUT2D eigenvalue weighted by Gasteiger charge is 2.17. The molecule has 2 amide bonds. The molecule has 4 rings (SSSR count). The fourth-order valence-electron chi connectivity index (χ4n) is 4.35. The van der Waals surface area contributed by atoms with Gasteiger partial charge in [-0.05, 0) is 44.0 Å². The molecule has 2 aromatic carbocycles. The third-order valence-corrected chi connectivity index (χ3v) is 6.19. The van der Waals surface area contributed by atoms with E-state index in [1.165, 1.54) is 12.8 Å². The Hall–Kier alpha value is -3.15. The van der Waals surface area contributed by atoms with Gasteiger partial charge in [-0.3, -0.25) is 9.59 Å². The molecule has 1 N–H and O–H groups in total. The molecule has 1 aromatic heterocycles. The number of hydrogen-bond donors (Lipinski definition) is 1. The summed E-state index contributed by atoms with van der Waals surface area (Å²) in [5.74, 6) is 1.05. The van der Waals surface area contributed by atoms with Gasteiger partial charge in [-0.1, -0.05) is 42.7 Å². The summed E-state index contributed by atoms with van der Waals surface area (Å²) in [6.07, 6.45) is 5.73. The van der Waals surface area contributed by atoms with Crippen molar-refractivity contribution in [1.82, 2.24) is 19.8 Å². The van der Waals surface area contributed by atoms with E-state index in [-0.39, 0.29) is 11.8 Å². The second-order valence-corrected chi connectivity index (χ2v) is 8.59. The average Bonchev–Trinajstić information content (AvgIpc) is 2.96. The molecule has 1 aliphatic rings. The minimum absolute atomic E-state index is 0.0796. The van der Waals surface area contributed by atoms with Gasteiger partial charge in [0, 0.05) is 44.6 Å². The van der Waals surface area contributed by atoms with Gasteiger partial charge in [0.1, 0.15) is 5.82 Å². The molecule has 168 valence electrons. The van der Waals surface area contributed by atoms with Crippen molar-refractivity contribution in [3.05, 3.63) is 65.5 Å². The first-order valence-electron chi connectivity index (χ1n) is 11.7. The molecule has 0 atom stereocenters. The van der Waals surface area contributed by atoms with Crippen LogP contribution in [0.4, 0.5) is 0 Å². The van der Waals surface area contributed by atoms with Crippen LogP contribution in [0.5, 0.6) is 0 Å². The minimum atomic E-state index is -0.0796. The number of nitrogens with one attached hydrogen (secondary N) is 1. The number of nitrogens with zero attached hydrogens (tertiary/aromatic N) is 3. The van der Waals surface area contributed by atoms with Crippen LogP contribution in [0.15, 0.2) is 48.5 Å². The SMILES string of the molecule is Cc1ccc(C(=O)NCCc2nc3ccccc3n2CCC(=O)N2CCCCCC2)cc1. The summed E-state index contributed by atoms with van der Waals surface area (Å²) in [5.41, 5.74) is 3.75. The van der Waals surface area contributed by atoms with Crippen LogP contribution in [-0.2, 0) is 17.8 Å². The van der Waals surface area contributed by atoms with Gasteiger partial charge < -0.3 is 14.8 Å². The molecule has 0 spiro atoms. The number of carbonyl (C=O) groups is 2. The highest BCUT2D eigenvalue weighted by Crippen LogP contribution is 2.18. The molecule has 1 aliphatic heterocycles. The van der Waals surface area contributed by atoms with Gasteiger partial charge in [0.05, 0.1) is 11.0 Å². The van der Waals surface area contributed by atoms with Crippen LogP contribution in [0.3, 0.4) is 0 Å². The van der Waals surface area contributed by atoms with Crippen molar-refractivity contribution in [2.24, 2.45) is 0 Å². The van der Waals surface area contributed by atoms with Crippen LogP contribution in [0, 0.1) is 6.92 Å². The lowest BCUT2D eigenvalue weighted by molar-refractivity contribution is -0.131. The van der Waals surface area contributed by atoms with Crippen LogP contribution in [0.2, 0.25) is 0 Å². The number of para-hydroxylation sites is 2. The Labute approximate surface area is 189 Å². The first-order chi connectivity index (χ1) is 15.6. The van der Waals surface area contributed by atoms with Gasteiger partial charge >= 0.3 is 0 Å². The number of hydrogen-bond acceptors (Lipinski definition) is 3. The maximum atomic E-state index is 12.8. The number of fused-ring (bicyclic) bond motifs is 1. The molecule has 32 heavy (non-hydrogen) atoms. The van der Waals surface area contributed by atoms with Gasteiger partial charge in [0.15, 0.2) is 0 Å². The summed E-state index contributed by atoms with van der Waals surface area (Å²) in [6.45, 7) is 4.86. The van der Waals surface area contributed by atoms with E-state index in [0.29, 0.717) is 31.5 Å². The van der Waals surface area contributed by atoms with Crippen molar-refractivity contribution in [1.29, 1.82) is 0 Å². The average molecular weight is 433 g/mol. The predicted molar refractivity (Wildman–Crippen MR) is 127 cm³/mol. The summed E-state index contributed by atoms with van der Waals surface area (Å²) < 4.78 is 2.14. The number of amides is 2. The summed E-state index contributed by atoms with van der Waals surface area (Å²) in [4.78, 5) is 32.1. The quantitative estimate of drug-likeness (QED) is 0.611. The van der Waals surface area contributed by atoms with E-state index in [1.807, 2.05) is 60.4 Å². The van der Waals surface area contributed by atoms with E-state index in [0.717, 1.165) is 48.4 Å². The van der Waals surface area contributed by atoms with Crippen LogP contribution < -0.4 is 5.32 Å². The maximum absolute atomic E-state index is 12.8. The van der Waals surface area contributed by atoms with Crippen molar-refractivity contribution in [2.45, 2.75) is 52.0 Å². The number of benzene rings is 2. The molecule has 0 radical (unpaired) electrons. The Bertz CT molecular complexity index is 1060. The van der Waals surface area contributed by atoms with Crippen LogP contribution >= 0.6 is 0 Å². The Morgan fingerprint density at radius 1 is 0.969 bits per heavy atom. The zero-order chi connectivity index (χ0) is 22.3. The molecule has 6 heteroatoms. The molecule has 0 saturated carbocycles. The predicted octanol–water partition coefficient (Wildman–Crippen LogP) is 4.11. The van der Waals surface area contributed by atoms with Gasteiger partial charge in [-0.2, -0.15) is 0 Å². The molecule has 6 nitrogen and oxygen atoms in total. The lowest BCUT2D eigenvalue weighted by Gasteiger charge is -2.20. The standard InChI is InChI=1S/C26H32N4O2/c1-20-10-12-21(13-11-20)26(32)27-16-14-24-28-22-8-4-5-9-23(22)30(24)19-15-25(31)29-17-6-2-3-7-18-29/h4-5,8-13H,2-3,6-7,14-19H2,1H3,(H,27,32). The van der Waals surface area contributed by atoms with Crippen molar-refractivity contribution in [3.63, 3.8) is 0 Å². The highest BCUT2D eigenvalue weighted by atomic mass is 16.2. The van der Waals surface area contributed by atoms with Crippen LogP contribution in [0.1, 0.15) is 53.8 Å². The van der Waals surface area contributed by atoms with Crippen molar-refractivity contribution in [3.8, 4) is 0 Å². The van der Waals surface area contributed by atoms with Crippen molar-refractivity contribution in [2.75, 3.05) is 19.6 Å². The van der Waals surface area contributed by atoms with E-state index in [4.69, 9.17) is 4.98 Å². The third-order valence-electron chi connectivity index (χ3n) is 6.19. The molecular formula is C26H32N4O2. The molecule has 0 bridgehead atoms. The largest absolute Gasteiger partial charge is 0.352 e. The lowest BCUT2D eigenvalue weighted by atomic mass is 10.1. The van der Waals surface area contributed by atoms with Crippen molar-refractivity contribution >= 4 is 22.8 Å². The van der Waals surface area contributed by atoms with Crippen molar-refractivity contribution < 1.29 is 9.59 Å². The number of likely N-dealkylation sites (tertiary alicyclic amines) is 1. The zero-order valence-corrected chi connectivity index (χ0v) is 18.8. The van der Waals surface area contributed by atoms with Crippen LogP contribution in [0.25, 0.3) is 11.0 Å². The van der Waals surface area contributed by atoms with Gasteiger partial charge in [-0.15, -0.1) is 0 Å². The first-order valence-corrected chi connectivity index (χ1v) is 11.7. The van der Waals surface area contributed by atoms with E-state index in [1.54, 1.807) is 0 Å². The number of imidazole rings is 1. The molecule has 0 aliphatic carbocycles. The van der Waals surface area contributed by atoms with E-state index >= 15 is 0 Å². The molecule has 3 aromatic rings. The van der Waals surface area contributed by atoms with Gasteiger partial charge in [0.2, 0.25) is 5.91 Å². The second-order valence-electron chi connectivity index (χ2n) is 8.59. The highest BCUT2D eigenvalue weighted by molar-refractivity contribution is 5.94. The Kier molecular flexibility index (Phi) is 7.20. The van der Waals surface area contributed by atoms with E-state index < -0.39 is 0 Å². The normalized spacial score (nSPS) is 14.3. The summed E-state index contributed by atoms with van der Waals surface area (Å²) >= 11 is 0.